The first-order chi connectivity index (χ1) is 13.9. The van der Waals surface area contributed by atoms with Crippen molar-refractivity contribution in [1.29, 1.82) is 0 Å². The smallest absolute Gasteiger partial charge is 0.383 e. The van der Waals surface area contributed by atoms with Crippen LogP contribution in [0.4, 0.5) is 30.2 Å². The van der Waals surface area contributed by atoms with E-state index in [-0.39, 0.29) is 54.9 Å². The number of benzene rings is 1. The zero-order valence-corrected chi connectivity index (χ0v) is 16.6. The SMILES string of the molecule is CNc1cc(N(C)CC(N)=O)c(C(=O)N[C@H]2CC[C@H](C(F)(F)F)CC2)cc1[N+](=O)[O-]. The first-order valence-electron chi connectivity index (χ1n) is 9.31. The van der Waals surface area contributed by atoms with Crippen LogP contribution >= 0.6 is 0 Å². The van der Waals surface area contributed by atoms with E-state index >= 15 is 0 Å². The van der Waals surface area contributed by atoms with E-state index in [9.17, 15) is 32.9 Å². The highest BCUT2D eigenvalue weighted by Crippen LogP contribution is 2.38. The molecule has 0 unspecified atom stereocenters. The topological polar surface area (TPSA) is 131 Å². The second kappa shape index (κ2) is 9.18. The fourth-order valence-electron chi connectivity index (χ4n) is 3.57. The summed E-state index contributed by atoms with van der Waals surface area (Å²) in [4.78, 5) is 36.2. The minimum Gasteiger partial charge on any atom is -0.383 e. The summed E-state index contributed by atoms with van der Waals surface area (Å²) in [7, 11) is 2.97. The summed E-state index contributed by atoms with van der Waals surface area (Å²) in [6.07, 6.45) is -4.15. The van der Waals surface area contributed by atoms with Crippen LogP contribution in [0.2, 0.25) is 0 Å². The van der Waals surface area contributed by atoms with Crippen molar-refractivity contribution in [2.45, 2.75) is 37.9 Å². The van der Waals surface area contributed by atoms with Gasteiger partial charge in [-0.05, 0) is 31.7 Å². The van der Waals surface area contributed by atoms with E-state index in [2.05, 4.69) is 10.6 Å². The van der Waals surface area contributed by atoms with Crippen molar-refractivity contribution in [2.24, 2.45) is 11.7 Å². The zero-order chi connectivity index (χ0) is 22.6. The van der Waals surface area contributed by atoms with E-state index in [0.29, 0.717) is 0 Å². The van der Waals surface area contributed by atoms with Crippen LogP contribution in [-0.4, -0.2) is 49.6 Å². The predicted molar refractivity (Wildman–Crippen MR) is 104 cm³/mol. The molecule has 30 heavy (non-hydrogen) atoms. The van der Waals surface area contributed by atoms with Crippen molar-refractivity contribution in [3.05, 3.63) is 27.8 Å². The number of nitro benzene ring substituents is 1. The maximum absolute atomic E-state index is 12.9. The van der Waals surface area contributed by atoms with Gasteiger partial charge in [0.15, 0.2) is 0 Å². The molecule has 0 saturated heterocycles. The molecule has 0 heterocycles. The Labute approximate surface area is 170 Å². The number of nitrogens with one attached hydrogen (secondary N) is 2. The number of amides is 2. The first kappa shape index (κ1) is 23.2. The van der Waals surface area contributed by atoms with Gasteiger partial charge in [-0.3, -0.25) is 19.7 Å². The number of nitro groups is 1. The van der Waals surface area contributed by atoms with Gasteiger partial charge in [-0.25, -0.2) is 0 Å². The van der Waals surface area contributed by atoms with E-state index in [1.54, 1.807) is 0 Å². The van der Waals surface area contributed by atoms with Crippen molar-refractivity contribution in [3.63, 3.8) is 0 Å². The summed E-state index contributed by atoms with van der Waals surface area (Å²) in [5, 5.41) is 16.7. The van der Waals surface area contributed by atoms with Gasteiger partial charge in [-0.1, -0.05) is 0 Å². The van der Waals surface area contributed by atoms with Crippen LogP contribution in [0.15, 0.2) is 12.1 Å². The number of hydrogen-bond acceptors (Lipinski definition) is 6. The van der Waals surface area contributed by atoms with E-state index in [0.717, 1.165) is 6.07 Å². The van der Waals surface area contributed by atoms with Crippen LogP contribution in [0.1, 0.15) is 36.0 Å². The Bertz CT molecular complexity index is 823. The minimum atomic E-state index is -4.26. The molecular formula is C18H24F3N5O4. The molecular weight excluding hydrogens is 407 g/mol. The van der Waals surface area contributed by atoms with Crippen molar-refractivity contribution in [3.8, 4) is 0 Å². The number of rotatable bonds is 7. The van der Waals surface area contributed by atoms with E-state index in [4.69, 9.17) is 5.73 Å². The number of carbonyl (C=O) groups is 2. The van der Waals surface area contributed by atoms with Crippen molar-refractivity contribution in [2.75, 3.05) is 30.9 Å². The lowest BCUT2D eigenvalue weighted by atomic mass is 9.85. The van der Waals surface area contributed by atoms with Crippen molar-refractivity contribution < 1.29 is 27.7 Å². The molecule has 1 aliphatic rings. The lowest BCUT2D eigenvalue weighted by molar-refractivity contribution is -0.383. The molecule has 1 aliphatic carbocycles. The average Bonchev–Trinajstić information content (AvgIpc) is 2.65. The summed E-state index contributed by atoms with van der Waals surface area (Å²) >= 11 is 0. The van der Waals surface area contributed by atoms with Gasteiger partial charge in [0.1, 0.15) is 5.69 Å². The van der Waals surface area contributed by atoms with Gasteiger partial charge >= 0.3 is 6.18 Å². The van der Waals surface area contributed by atoms with Gasteiger partial charge in [0.05, 0.1) is 28.6 Å². The van der Waals surface area contributed by atoms with Crippen LogP contribution in [0, 0.1) is 16.0 Å². The van der Waals surface area contributed by atoms with Crippen LogP contribution < -0.4 is 21.3 Å². The van der Waals surface area contributed by atoms with Gasteiger partial charge in [0.25, 0.3) is 11.6 Å². The molecule has 1 aromatic carbocycles. The number of anilines is 2. The minimum absolute atomic E-state index is 0.0672. The Hall–Kier alpha value is -3.05. The van der Waals surface area contributed by atoms with Gasteiger partial charge in [-0.2, -0.15) is 13.2 Å². The predicted octanol–water partition coefficient (Wildman–Crippen LogP) is 2.41. The number of hydrogen-bond donors (Lipinski definition) is 3. The number of alkyl halides is 3. The molecule has 2 rings (SSSR count). The average molecular weight is 431 g/mol. The third-order valence-corrected chi connectivity index (χ3v) is 5.15. The highest BCUT2D eigenvalue weighted by atomic mass is 19.4. The molecule has 0 atom stereocenters. The summed E-state index contributed by atoms with van der Waals surface area (Å²) in [6, 6.07) is 1.96. The third-order valence-electron chi connectivity index (χ3n) is 5.15. The van der Waals surface area contributed by atoms with E-state index in [1.807, 2.05) is 0 Å². The Kier molecular flexibility index (Phi) is 7.11. The zero-order valence-electron chi connectivity index (χ0n) is 16.6. The third kappa shape index (κ3) is 5.51. The summed E-state index contributed by atoms with van der Waals surface area (Å²) < 4.78 is 38.5. The van der Waals surface area contributed by atoms with Gasteiger partial charge < -0.3 is 21.3 Å². The van der Waals surface area contributed by atoms with Gasteiger partial charge in [0, 0.05) is 26.2 Å². The largest absolute Gasteiger partial charge is 0.391 e. The molecule has 1 fully saturated rings. The molecule has 166 valence electrons. The molecule has 0 aliphatic heterocycles. The highest BCUT2D eigenvalue weighted by molar-refractivity contribution is 6.02. The van der Waals surface area contributed by atoms with Crippen molar-refractivity contribution >= 4 is 28.9 Å². The normalized spacial score (nSPS) is 19.1. The van der Waals surface area contributed by atoms with Crippen LogP contribution in [0.25, 0.3) is 0 Å². The Balaban J connectivity index is 2.29. The quantitative estimate of drug-likeness (QED) is 0.449. The molecule has 0 spiro atoms. The Morgan fingerprint density at radius 3 is 2.33 bits per heavy atom. The van der Waals surface area contributed by atoms with Crippen LogP contribution in [0.3, 0.4) is 0 Å². The Morgan fingerprint density at radius 1 is 1.27 bits per heavy atom. The number of likely N-dealkylation sites (N-methyl/N-ethyl adjacent to an activating group) is 1. The molecule has 0 bridgehead atoms. The van der Waals surface area contributed by atoms with Crippen LogP contribution in [0.5, 0.6) is 0 Å². The lowest BCUT2D eigenvalue weighted by Crippen LogP contribution is -2.40. The van der Waals surface area contributed by atoms with Crippen molar-refractivity contribution in [1.82, 2.24) is 5.32 Å². The standard InChI is InChI=1S/C18H24F3N5O4/c1-23-13-8-14(25(2)9-16(22)27)12(7-15(13)26(29)30)17(28)24-11-5-3-10(4-6-11)18(19,20)21/h7-8,10-11,23H,3-6,9H2,1-2H3,(H2,22,27)(H,24,28)/t10-,11-. The van der Waals surface area contributed by atoms with E-state index in [1.165, 1.54) is 25.1 Å². The summed E-state index contributed by atoms with van der Waals surface area (Å²) in [5.74, 6) is -2.72. The number of carbonyl (C=O) groups excluding carboxylic acids is 2. The highest BCUT2D eigenvalue weighted by Gasteiger charge is 2.41. The molecule has 9 nitrogen and oxygen atoms in total. The number of halogens is 3. The number of primary amides is 1. The molecule has 4 N–H and O–H groups in total. The fourth-order valence-corrected chi connectivity index (χ4v) is 3.57. The molecule has 1 aromatic rings. The maximum atomic E-state index is 12.9. The van der Waals surface area contributed by atoms with Gasteiger partial charge in [-0.15, -0.1) is 0 Å². The second-order valence-corrected chi connectivity index (χ2v) is 7.28. The fraction of sp³-hybridized carbons (Fsp3) is 0.556. The molecule has 0 aromatic heterocycles. The molecule has 1 saturated carbocycles. The molecule has 12 heteroatoms. The second-order valence-electron chi connectivity index (χ2n) is 7.28. The number of nitrogens with two attached hydrogens (primary N) is 1. The lowest BCUT2D eigenvalue weighted by Gasteiger charge is -2.30. The summed E-state index contributed by atoms with van der Waals surface area (Å²) in [6.45, 7) is -0.238. The molecule has 0 radical (unpaired) electrons. The molecule has 2 amide bonds. The monoisotopic (exact) mass is 431 g/mol. The van der Waals surface area contributed by atoms with E-state index < -0.39 is 34.9 Å². The van der Waals surface area contributed by atoms with Crippen LogP contribution in [-0.2, 0) is 4.79 Å². The first-order valence-corrected chi connectivity index (χ1v) is 9.31. The number of nitrogens with zero attached hydrogens (tertiary/aromatic N) is 2. The summed E-state index contributed by atoms with van der Waals surface area (Å²) in [5.41, 5.74) is 5.15. The maximum Gasteiger partial charge on any atom is 0.391 e. The Morgan fingerprint density at radius 2 is 1.87 bits per heavy atom. The van der Waals surface area contributed by atoms with Gasteiger partial charge in [0.2, 0.25) is 5.91 Å².